The molecule has 0 amide bonds. The molecule has 1 aromatic heterocycles. The fraction of sp³-hybridized carbons (Fsp3) is 0.750. The molecule has 102 valence electrons. The van der Waals surface area contributed by atoms with E-state index in [0.29, 0.717) is 12.2 Å². The van der Waals surface area contributed by atoms with Crippen LogP contribution in [-0.4, -0.2) is 35.2 Å². The number of aromatic nitrogens is 2. The highest BCUT2D eigenvalue weighted by atomic mass is 32.2. The normalized spacial score (nSPS) is 24.9. The molecule has 2 unspecified atom stereocenters. The van der Waals surface area contributed by atoms with Crippen molar-refractivity contribution in [1.82, 2.24) is 9.78 Å². The van der Waals surface area contributed by atoms with Crippen LogP contribution in [0.25, 0.3) is 0 Å². The highest BCUT2D eigenvalue weighted by Crippen LogP contribution is 2.23. The van der Waals surface area contributed by atoms with E-state index in [2.05, 4.69) is 5.10 Å². The zero-order chi connectivity index (χ0) is 13.2. The van der Waals surface area contributed by atoms with Crippen LogP contribution < -0.4 is 5.73 Å². The molecular formula is C12H21N3O2S. The SMILES string of the molecule is Cn1cc(CCC(N)C2CCCCS2(=O)=O)cn1. The smallest absolute Gasteiger partial charge is 0.154 e. The first-order valence-electron chi connectivity index (χ1n) is 6.44. The summed E-state index contributed by atoms with van der Waals surface area (Å²) in [6.07, 6.45) is 7.73. The summed E-state index contributed by atoms with van der Waals surface area (Å²) in [5, 5.41) is 3.75. The molecule has 1 saturated heterocycles. The quantitative estimate of drug-likeness (QED) is 0.872. The van der Waals surface area contributed by atoms with Crippen molar-refractivity contribution in [3.8, 4) is 0 Å². The number of rotatable bonds is 4. The topological polar surface area (TPSA) is 78.0 Å². The zero-order valence-corrected chi connectivity index (χ0v) is 11.6. The predicted octanol–water partition coefficient (Wildman–Crippen LogP) is 0.647. The summed E-state index contributed by atoms with van der Waals surface area (Å²) in [6, 6.07) is -0.254. The summed E-state index contributed by atoms with van der Waals surface area (Å²) < 4.78 is 25.6. The molecule has 1 fully saturated rings. The van der Waals surface area contributed by atoms with Crippen LogP contribution in [-0.2, 0) is 23.3 Å². The number of hydrogen-bond acceptors (Lipinski definition) is 4. The van der Waals surface area contributed by atoms with Crippen molar-refractivity contribution in [1.29, 1.82) is 0 Å². The van der Waals surface area contributed by atoms with Gasteiger partial charge in [-0.2, -0.15) is 5.10 Å². The Bertz CT molecular complexity index is 495. The van der Waals surface area contributed by atoms with Gasteiger partial charge in [0.05, 0.1) is 17.2 Å². The van der Waals surface area contributed by atoms with Gasteiger partial charge >= 0.3 is 0 Å². The minimum absolute atomic E-state index is 0.254. The van der Waals surface area contributed by atoms with Gasteiger partial charge in [0.2, 0.25) is 0 Å². The van der Waals surface area contributed by atoms with Gasteiger partial charge in [-0.3, -0.25) is 4.68 Å². The summed E-state index contributed by atoms with van der Waals surface area (Å²) in [6.45, 7) is 0. The van der Waals surface area contributed by atoms with Crippen LogP contribution in [0.3, 0.4) is 0 Å². The lowest BCUT2D eigenvalue weighted by Gasteiger charge is -2.27. The molecule has 6 heteroatoms. The molecule has 1 aromatic rings. The third-order valence-corrected chi connectivity index (χ3v) is 6.00. The predicted molar refractivity (Wildman–Crippen MR) is 70.9 cm³/mol. The molecule has 0 aliphatic carbocycles. The van der Waals surface area contributed by atoms with E-state index in [1.54, 1.807) is 4.68 Å². The molecule has 0 spiro atoms. The van der Waals surface area contributed by atoms with Gasteiger partial charge in [0.1, 0.15) is 0 Å². The van der Waals surface area contributed by atoms with Gasteiger partial charge < -0.3 is 5.73 Å². The minimum atomic E-state index is -2.97. The van der Waals surface area contributed by atoms with Gasteiger partial charge in [0, 0.05) is 19.3 Å². The Kier molecular flexibility index (Phi) is 4.07. The zero-order valence-electron chi connectivity index (χ0n) is 10.7. The van der Waals surface area contributed by atoms with Crippen LogP contribution in [0.2, 0.25) is 0 Å². The second kappa shape index (κ2) is 5.40. The molecule has 5 nitrogen and oxygen atoms in total. The van der Waals surface area contributed by atoms with Crippen LogP contribution in [0.1, 0.15) is 31.2 Å². The maximum atomic E-state index is 11.9. The first-order valence-corrected chi connectivity index (χ1v) is 8.15. The van der Waals surface area contributed by atoms with Crippen molar-refractivity contribution < 1.29 is 8.42 Å². The van der Waals surface area contributed by atoms with E-state index in [0.717, 1.165) is 31.2 Å². The summed E-state index contributed by atoms with van der Waals surface area (Å²) >= 11 is 0. The van der Waals surface area contributed by atoms with Crippen LogP contribution in [0, 0.1) is 0 Å². The Morgan fingerprint density at radius 3 is 2.94 bits per heavy atom. The number of nitrogens with zero attached hydrogens (tertiary/aromatic N) is 2. The largest absolute Gasteiger partial charge is 0.327 e. The van der Waals surface area contributed by atoms with Crippen molar-refractivity contribution in [2.45, 2.75) is 43.4 Å². The Hall–Kier alpha value is -0.880. The van der Waals surface area contributed by atoms with E-state index in [-0.39, 0.29) is 11.3 Å². The summed E-state index contributed by atoms with van der Waals surface area (Å²) in [5.41, 5.74) is 7.18. The number of aryl methyl sites for hydroxylation is 2. The molecule has 1 aliphatic rings. The Morgan fingerprint density at radius 1 is 1.56 bits per heavy atom. The van der Waals surface area contributed by atoms with E-state index in [4.69, 9.17) is 5.73 Å². The summed E-state index contributed by atoms with van der Waals surface area (Å²) in [5.74, 6) is 0.304. The summed E-state index contributed by atoms with van der Waals surface area (Å²) in [7, 11) is -1.10. The van der Waals surface area contributed by atoms with Gasteiger partial charge in [-0.15, -0.1) is 0 Å². The van der Waals surface area contributed by atoms with Crippen molar-refractivity contribution >= 4 is 9.84 Å². The average molecular weight is 271 g/mol. The highest BCUT2D eigenvalue weighted by molar-refractivity contribution is 7.92. The van der Waals surface area contributed by atoms with Gasteiger partial charge in [0.15, 0.2) is 9.84 Å². The molecule has 0 bridgehead atoms. The van der Waals surface area contributed by atoms with Crippen LogP contribution >= 0.6 is 0 Å². The van der Waals surface area contributed by atoms with Gasteiger partial charge in [-0.25, -0.2) is 8.42 Å². The van der Waals surface area contributed by atoms with Crippen LogP contribution in [0.5, 0.6) is 0 Å². The lowest BCUT2D eigenvalue weighted by atomic mass is 10.0. The van der Waals surface area contributed by atoms with Crippen molar-refractivity contribution in [2.75, 3.05) is 5.75 Å². The first-order chi connectivity index (χ1) is 8.49. The van der Waals surface area contributed by atoms with Gasteiger partial charge in [0.25, 0.3) is 0 Å². The van der Waals surface area contributed by atoms with E-state index in [1.807, 2.05) is 19.4 Å². The Morgan fingerprint density at radius 2 is 2.33 bits per heavy atom. The van der Waals surface area contributed by atoms with E-state index in [9.17, 15) is 8.42 Å². The molecule has 2 rings (SSSR count). The highest BCUT2D eigenvalue weighted by Gasteiger charge is 2.33. The van der Waals surface area contributed by atoms with Crippen molar-refractivity contribution in [3.63, 3.8) is 0 Å². The molecule has 0 saturated carbocycles. The molecule has 2 N–H and O–H groups in total. The molecule has 1 aliphatic heterocycles. The molecule has 0 aromatic carbocycles. The maximum Gasteiger partial charge on any atom is 0.154 e. The first kappa shape index (κ1) is 13.5. The number of sulfone groups is 1. The standard InChI is InChI=1S/C12H21N3O2S/c1-15-9-10(8-14-15)5-6-11(13)12-4-2-3-7-18(12,16)17/h8-9,11-12H,2-7,13H2,1H3. The molecular weight excluding hydrogens is 250 g/mol. The Balaban J connectivity index is 1.93. The van der Waals surface area contributed by atoms with Crippen molar-refractivity contribution in [2.24, 2.45) is 12.8 Å². The third-order valence-electron chi connectivity index (χ3n) is 3.63. The van der Waals surface area contributed by atoms with Crippen molar-refractivity contribution in [3.05, 3.63) is 18.0 Å². The molecule has 0 radical (unpaired) electrons. The molecule has 2 heterocycles. The second-order valence-corrected chi connectivity index (χ2v) is 7.47. The lowest BCUT2D eigenvalue weighted by molar-refractivity contribution is 0.481. The fourth-order valence-corrected chi connectivity index (χ4v) is 4.68. The number of nitrogens with two attached hydrogens (primary N) is 1. The minimum Gasteiger partial charge on any atom is -0.327 e. The van der Waals surface area contributed by atoms with Crippen LogP contribution in [0.15, 0.2) is 12.4 Å². The van der Waals surface area contributed by atoms with Crippen LogP contribution in [0.4, 0.5) is 0 Å². The molecule has 2 atom stereocenters. The van der Waals surface area contributed by atoms with E-state index in [1.165, 1.54) is 0 Å². The van der Waals surface area contributed by atoms with Gasteiger partial charge in [-0.1, -0.05) is 6.42 Å². The van der Waals surface area contributed by atoms with E-state index < -0.39 is 9.84 Å². The Labute approximate surface area is 108 Å². The summed E-state index contributed by atoms with van der Waals surface area (Å²) in [4.78, 5) is 0. The maximum absolute atomic E-state index is 11.9. The molecule has 18 heavy (non-hydrogen) atoms. The second-order valence-electron chi connectivity index (χ2n) is 5.13. The third kappa shape index (κ3) is 3.11. The van der Waals surface area contributed by atoms with E-state index >= 15 is 0 Å². The fourth-order valence-electron chi connectivity index (χ4n) is 2.58. The lowest BCUT2D eigenvalue weighted by Crippen LogP contribution is -2.43. The number of hydrogen-bond donors (Lipinski definition) is 1. The van der Waals surface area contributed by atoms with Gasteiger partial charge in [-0.05, 0) is 31.2 Å². The average Bonchev–Trinajstić information content (AvgIpc) is 2.71. The monoisotopic (exact) mass is 271 g/mol.